The van der Waals surface area contributed by atoms with Crippen LogP contribution in [0.25, 0.3) is 15.5 Å². The molecule has 1 aliphatic heterocycles. The predicted octanol–water partition coefficient (Wildman–Crippen LogP) is 2.79. The van der Waals surface area contributed by atoms with Crippen molar-refractivity contribution in [1.29, 1.82) is 0 Å². The number of nitrogens with zero attached hydrogens (tertiary/aromatic N) is 2. The van der Waals surface area contributed by atoms with E-state index in [-0.39, 0.29) is 12.6 Å². The van der Waals surface area contributed by atoms with Crippen LogP contribution in [-0.2, 0) is 9.53 Å². The summed E-state index contributed by atoms with van der Waals surface area (Å²) in [5, 5.41) is 15.1. The monoisotopic (exact) mass is 343 g/mol. The van der Waals surface area contributed by atoms with Crippen LogP contribution in [-0.4, -0.2) is 23.5 Å². The molecule has 0 bridgehead atoms. The molecule has 1 aromatic carbocycles. The summed E-state index contributed by atoms with van der Waals surface area (Å²) in [5.41, 5.74) is 1.99. The van der Waals surface area contributed by atoms with E-state index in [1.807, 2.05) is 31.2 Å². The van der Waals surface area contributed by atoms with E-state index in [1.54, 1.807) is 25.2 Å². The Hall–Kier alpha value is -2.38. The zero-order valence-corrected chi connectivity index (χ0v) is 14.6. The van der Waals surface area contributed by atoms with Crippen LogP contribution in [0.4, 0.5) is 0 Å². The minimum Gasteiger partial charge on any atom is -0.463 e. The lowest BCUT2D eigenvalue weighted by atomic mass is 9.97. The van der Waals surface area contributed by atoms with Gasteiger partial charge in [-0.15, -0.1) is 11.3 Å². The molecule has 2 heterocycles. The van der Waals surface area contributed by atoms with Gasteiger partial charge in [0.15, 0.2) is 0 Å². The molecule has 1 atom stereocenters. The number of esters is 1. The van der Waals surface area contributed by atoms with Crippen LogP contribution < -0.4 is 11.2 Å². The number of allylic oxidation sites excluding steroid dienone is 1. The first-order valence-electron chi connectivity index (χ1n) is 7.68. The molecule has 3 rings (SSSR count). The van der Waals surface area contributed by atoms with Crippen molar-refractivity contribution >= 4 is 33.4 Å². The van der Waals surface area contributed by atoms with Gasteiger partial charge in [0.05, 0.1) is 18.2 Å². The Labute approximate surface area is 144 Å². The second kappa shape index (κ2) is 6.26. The minimum absolute atomic E-state index is 0.192. The lowest BCUT2D eigenvalue weighted by Gasteiger charge is -2.43. The molecule has 0 fully saturated rings. The highest BCUT2D eigenvalue weighted by molar-refractivity contribution is 7.19. The highest BCUT2D eigenvalue weighted by Crippen LogP contribution is 2.41. The Morgan fingerprint density at radius 1 is 1.42 bits per heavy atom. The molecule has 7 heteroatoms. The quantitative estimate of drug-likeness (QED) is 0.661. The van der Waals surface area contributed by atoms with Gasteiger partial charge in [0, 0.05) is 15.5 Å². The lowest BCUT2D eigenvalue weighted by molar-refractivity contribution is -0.139. The van der Waals surface area contributed by atoms with E-state index < -0.39 is 12.0 Å². The van der Waals surface area contributed by atoms with Crippen LogP contribution in [0.2, 0.25) is 0 Å². The maximum absolute atomic E-state index is 12.5. The number of nitrogens with one attached hydrogen (secondary N) is 1. The van der Waals surface area contributed by atoms with Gasteiger partial charge < -0.3 is 20.5 Å². The van der Waals surface area contributed by atoms with Gasteiger partial charge in [-0.2, -0.15) is 0 Å². The van der Waals surface area contributed by atoms with E-state index in [9.17, 15) is 10.2 Å². The molecule has 24 heavy (non-hydrogen) atoms. The number of hydrogen-bond donors (Lipinski definition) is 2. The van der Waals surface area contributed by atoms with Crippen molar-refractivity contribution in [2.24, 2.45) is 5.84 Å². The summed E-state index contributed by atoms with van der Waals surface area (Å²) in [4.78, 5) is 13.4. The summed E-state index contributed by atoms with van der Waals surface area (Å²) in [6, 6.07) is 7.43. The number of carbonyl (C=O) groups excluding carboxylic acids is 1. The fraction of sp³-hybridized carbons (Fsp3) is 0.294. The lowest BCUT2D eigenvalue weighted by Crippen LogP contribution is -2.52. The van der Waals surface area contributed by atoms with Crippen molar-refractivity contribution in [2.45, 2.75) is 26.8 Å². The van der Waals surface area contributed by atoms with E-state index in [2.05, 4.69) is 5.32 Å². The Balaban J connectivity index is 2.19. The number of thiophene rings is 1. The molecule has 0 radical (unpaired) electrons. The molecule has 0 saturated carbocycles. The molecule has 1 aliphatic rings. The van der Waals surface area contributed by atoms with E-state index in [4.69, 9.17) is 10.6 Å². The highest BCUT2D eigenvalue weighted by atomic mass is 32.1. The fourth-order valence-electron chi connectivity index (χ4n) is 2.95. The number of nitrogens with two attached hydrogens (primary N) is 1. The van der Waals surface area contributed by atoms with Crippen LogP contribution in [0, 0.1) is 6.92 Å². The van der Waals surface area contributed by atoms with Crippen molar-refractivity contribution in [3.63, 3.8) is 0 Å². The number of hydrogen-bond acceptors (Lipinski definition) is 4. The third kappa shape index (κ3) is 2.55. The first-order chi connectivity index (χ1) is 11.5. The van der Waals surface area contributed by atoms with E-state index >= 15 is 0 Å². The fourth-order valence-corrected chi connectivity index (χ4v) is 4.27. The first kappa shape index (κ1) is 16.5. The smallest absolute Gasteiger partial charge is 0.335 e. The first-order valence-corrected chi connectivity index (χ1v) is 8.50. The summed E-state index contributed by atoms with van der Waals surface area (Å²) in [5.74, 6) is 5.45. The zero-order valence-electron chi connectivity index (χ0n) is 13.8. The summed E-state index contributed by atoms with van der Waals surface area (Å²) in [6.07, 6.45) is 0. The zero-order chi connectivity index (χ0) is 17.4. The van der Waals surface area contributed by atoms with E-state index in [0.717, 1.165) is 20.5 Å². The maximum Gasteiger partial charge on any atom is 0.335 e. The molecule has 0 saturated heterocycles. The molecule has 0 amide bonds. The number of hydrazine groups is 1. The molecule has 6 nitrogen and oxygen atoms in total. The van der Waals surface area contributed by atoms with Crippen LogP contribution in [0.15, 0.2) is 35.5 Å². The van der Waals surface area contributed by atoms with Gasteiger partial charge in [0.1, 0.15) is 0 Å². The van der Waals surface area contributed by atoms with Crippen molar-refractivity contribution in [3.8, 4) is 0 Å². The summed E-state index contributed by atoms with van der Waals surface area (Å²) < 4.78 is 6.30. The van der Waals surface area contributed by atoms with Crippen molar-refractivity contribution < 1.29 is 9.53 Å². The van der Waals surface area contributed by atoms with Gasteiger partial charge in [-0.05, 0) is 43.5 Å². The molecule has 1 aromatic heterocycles. The van der Waals surface area contributed by atoms with Crippen molar-refractivity contribution in [1.82, 2.24) is 10.3 Å². The summed E-state index contributed by atoms with van der Waals surface area (Å²) >= 11 is 1.56. The molecule has 0 aliphatic carbocycles. The predicted molar refractivity (Wildman–Crippen MR) is 96.2 cm³/mol. The largest absolute Gasteiger partial charge is 0.463 e. The average molecular weight is 343 g/mol. The molecule has 1 unspecified atom stereocenters. The number of guanidine groups is 1. The number of benzene rings is 1. The van der Waals surface area contributed by atoms with Gasteiger partial charge in [0.25, 0.3) is 0 Å². The normalized spacial score (nSPS) is 18.1. The summed E-state index contributed by atoms with van der Waals surface area (Å²) in [7, 11) is 0. The van der Waals surface area contributed by atoms with Crippen LogP contribution in [0.5, 0.6) is 0 Å². The Morgan fingerprint density at radius 2 is 2.12 bits per heavy atom. The number of fused-ring (bicyclic) bond motifs is 1. The molecular formula is C17H19N4O2S-. The molecule has 126 valence electrons. The van der Waals surface area contributed by atoms with E-state index in [0.29, 0.717) is 11.3 Å². The topological polar surface area (TPSA) is 89.9 Å². The number of carbonyl (C=O) groups is 1. The Kier molecular flexibility index (Phi) is 4.29. The number of aryl methyl sites for hydroxylation is 1. The van der Waals surface area contributed by atoms with Crippen LogP contribution in [0.1, 0.15) is 30.3 Å². The SMILES string of the molecule is CCOC(=O)C1=C(C)NC(=[N-])N(N)C1c1sc2ccccc2c1C. The average Bonchev–Trinajstić information content (AvgIpc) is 2.88. The van der Waals surface area contributed by atoms with Gasteiger partial charge >= 0.3 is 5.97 Å². The third-order valence-corrected chi connectivity index (χ3v) is 5.45. The van der Waals surface area contributed by atoms with Crippen LogP contribution >= 0.6 is 11.3 Å². The van der Waals surface area contributed by atoms with Crippen molar-refractivity contribution in [2.75, 3.05) is 6.61 Å². The highest BCUT2D eigenvalue weighted by Gasteiger charge is 2.33. The number of rotatable bonds is 3. The molecule has 0 spiro atoms. The molecule has 2 aromatic rings. The Morgan fingerprint density at radius 3 is 2.79 bits per heavy atom. The second-order valence-electron chi connectivity index (χ2n) is 5.61. The standard InChI is InChI=1S/C17H19N4O2S/c1-4-23-16(22)13-10(3)20-17(18)21(19)14(13)15-9(2)11-7-5-6-8-12(11)24-15/h5-8,14H,4,19H2,1-3H3,(H-,18,20,22)/q-1. The molecule has 3 N–H and O–H groups in total. The number of ether oxygens (including phenoxy) is 1. The minimum atomic E-state index is -0.595. The maximum atomic E-state index is 12.5. The summed E-state index contributed by atoms with van der Waals surface area (Å²) in [6.45, 7) is 5.76. The van der Waals surface area contributed by atoms with Gasteiger partial charge in [-0.25, -0.2) is 4.79 Å². The second-order valence-corrected chi connectivity index (χ2v) is 6.69. The molecular weight excluding hydrogens is 324 g/mol. The van der Waals surface area contributed by atoms with Gasteiger partial charge in [0.2, 0.25) is 0 Å². The van der Waals surface area contributed by atoms with E-state index in [1.165, 1.54) is 5.01 Å². The van der Waals surface area contributed by atoms with Gasteiger partial charge in [-0.1, -0.05) is 18.2 Å². The van der Waals surface area contributed by atoms with Crippen molar-refractivity contribution in [3.05, 3.63) is 51.4 Å². The van der Waals surface area contributed by atoms with Crippen LogP contribution in [0.3, 0.4) is 0 Å². The van der Waals surface area contributed by atoms with Gasteiger partial charge in [-0.3, -0.25) is 5.84 Å². The Bertz CT molecular complexity index is 855. The third-order valence-electron chi connectivity index (χ3n) is 4.12.